The van der Waals surface area contributed by atoms with Gasteiger partial charge in [-0.05, 0) is 14.0 Å². The molecule has 2 aliphatic heterocycles. The molecule has 6 heteroatoms. The van der Waals surface area contributed by atoms with Crippen LogP contribution in [-0.2, 0) is 4.74 Å². The average molecular weight is 341 g/mol. The van der Waals surface area contributed by atoms with Gasteiger partial charge in [0.1, 0.15) is 17.0 Å². The largest absolute Gasteiger partial charge is 0.379 e. The first kappa shape index (κ1) is 16.3. The Bertz CT molecular complexity index is 759. The quantitative estimate of drug-likeness (QED) is 0.837. The molecule has 2 aromatic rings. The van der Waals surface area contributed by atoms with E-state index >= 15 is 0 Å². The van der Waals surface area contributed by atoms with E-state index in [-0.39, 0.29) is 11.9 Å². The van der Waals surface area contributed by atoms with Gasteiger partial charge in [-0.1, -0.05) is 35.5 Å². The second-order valence-corrected chi connectivity index (χ2v) is 7.06. The Morgan fingerprint density at radius 1 is 1.16 bits per heavy atom. The molecule has 1 amide bonds. The summed E-state index contributed by atoms with van der Waals surface area (Å²) in [4.78, 5) is 17.7. The molecular formula is C19H23N3O3. The summed E-state index contributed by atoms with van der Waals surface area (Å²) in [7, 11) is 2.11. The Hall–Kier alpha value is -2.18. The number of carbonyl (C=O) groups is 1. The number of likely N-dealkylation sites (N-methyl/N-ethyl adjacent to an activating group) is 1. The monoisotopic (exact) mass is 341 g/mol. The maximum absolute atomic E-state index is 13.4. The summed E-state index contributed by atoms with van der Waals surface area (Å²) in [6.45, 7) is 5.59. The summed E-state index contributed by atoms with van der Waals surface area (Å²) in [6, 6.07) is 9.79. The van der Waals surface area contributed by atoms with Crippen molar-refractivity contribution < 1.29 is 14.1 Å². The number of nitrogens with zero attached hydrogens (tertiary/aromatic N) is 3. The molecule has 4 rings (SSSR count). The highest BCUT2D eigenvalue weighted by Crippen LogP contribution is 2.29. The fourth-order valence-corrected chi connectivity index (χ4v) is 3.89. The molecule has 0 radical (unpaired) electrons. The third-order valence-corrected chi connectivity index (χ3v) is 5.04. The SMILES string of the molecule is Cc1onc(-c2ccccc2)c1C(=O)N1C[C@H]2COC[C@@H]1CN(C)C2. The first-order valence-electron chi connectivity index (χ1n) is 8.72. The number of carbonyl (C=O) groups excluding carboxylic acids is 1. The molecular weight excluding hydrogens is 318 g/mol. The molecule has 0 N–H and O–H groups in total. The number of aromatic nitrogens is 1. The zero-order chi connectivity index (χ0) is 17.4. The zero-order valence-electron chi connectivity index (χ0n) is 14.6. The summed E-state index contributed by atoms with van der Waals surface area (Å²) >= 11 is 0. The van der Waals surface area contributed by atoms with Crippen molar-refractivity contribution in [1.29, 1.82) is 0 Å². The Labute approximate surface area is 147 Å². The fraction of sp³-hybridized carbons (Fsp3) is 0.474. The van der Waals surface area contributed by atoms with Crippen molar-refractivity contribution in [2.24, 2.45) is 5.92 Å². The van der Waals surface area contributed by atoms with Crippen LogP contribution in [-0.4, -0.2) is 66.8 Å². The number of aryl methyl sites for hydroxylation is 1. The smallest absolute Gasteiger partial charge is 0.260 e. The van der Waals surface area contributed by atoms with Gasteiger partial charge in [-0.15, -0.1) is 0 Å². The predicted molar refractivity (Wildman–Crippen MR) is 93.3 cm³/mol. The first-order chi connectivity index (χ1) is 12.1. The molecule has 2 saturated heterocycles. The topological polar surface area (TPSA) is 58.8 Å². The van der Waals surface area contributed by atoms with Crippen LogP contribution in [0.5, 0.6) is 0 Å². The highest BCUT2D eigenvalue weighted by atomic mass is 16.5. The molecule has 2 fully saturated rings. The third-order valence-electron chi connectivity index (χ3n) is 5.04. The van der Waals surface area contributed by atoms with Crippen LogP contribution in [0.1, 0.15) is 16.1 Å². The molecule has 0 spiro atoms. The first-order valence-corrected chi connectivity index (χ1v) is 8.72. The van der Waals surface area contributed by atoms with Crippen molar-refractivity contribution in [3.05, 3.63) is 41.7 Å². The molecule has 1 aromatic carbocycles. The molecule has 1 aromatic heterocycles. The zero-order valence-corrected chi connectivity index (χ0v) is 14.6. The van der Waals surface area contributed by atoms with Gasteiger partial charge < -0.3 is 19.1 Å². The number of hydrogen-bond acceptors (Lipinski definition) is 5. The predicted octanol–water partition coefficient (Wildman–Crippen LogP) is 2.05. The highest BCUT2D eigenvalue weighted by molar-refractivity contribution is 6.01. The van der Waals surface area contributed by atoms with Gasteiger partial charge in [0.2, 0.25) is 0 Å². The third kappa shape index (κ3) is 3.07. The van der Waals surface area contributed by atoms with Crippen molar-refractivity contribution in [1.82, 2.24) is 15.0 Å². The maximum atomic E-state index is 13.4. The normalized spacial score (nSPS) is 24.2. The standard InChI is InChI=1S/C19H23N3O3/c1-13-17(18(20-25-13)15-6-4-3-5-7-15)19(23)22-9-14-8-21(2)10-16(22)12-24-11-14/h3-7,14,16H,8-12H2,1-2H3/t14-,16-/m0/s1. The molecule has 0 unspecified atom stereocenters. The Balaban J connectivity index is 1.71. The van der Waals surface area contributed by atoms with Gasteiger partial charge >= 0.3 is 0 Å². The molecule has 2 atom stereocenters. The number of hydrogen-bond donors (Lipinski definition) is 0. The molecule has 6 nitrogen and oxygen atoms in total. The highest BCUT2D eigenvalue weighted by Gasteiger charge is 2.37. The molecule has 2 bridgehead atoms. The van der Waals surface area contributed by atoms with E-state index in [1.54, 1.807) is 6.92 Å². The van der Waals surface area contributed by atoms with Crippen LogP contribution in [0.2, 0.25) is 0 Å². The molecule has 132 valence electrons. The van der Waals surface area contributed by atoms with Gasteiger partial charge in [-0.3, -0.25) is 4.79 Å². The van der Waals surface area contributed by atoms with Gasteiger partial charge in [-0.2, -0.15) is 0 Å². The Morgan fingerprint density at radius 3 is 2.76 bits per heavy atom. The van der Waals surface area contributed by atoms with E-state index < -0.39 is 0 Å². The van der Waals surface area contributed by atoms with E-state index in [2.05, 4.69) is 17.1 Å². The maximum Gasteiger partial charge on any atom is 0.260 e. The second-order valence-electron chi connectivity index (χ2n) is 7.06. The lowest BCUT2D eigenvalue weighted by Gasteiger charge is -2.29. The fourth-order valence-electron chi connectivity index (χ4n) is 3.89. The van der Waals surface area contributed by atoms with E-state index in [4.69, 9.17) is 9.26 Å². The van der Waals surface area contributed by atoms with Crippen LogP contribution in [0.25, 0.3) is 11.3 Å². The molecule has 3 heterocycles. The van der Waals surface area contributed by atoms with E-state index in [1.165, 1.54) is 0 Å². The molecule has 0 aliphatic carbocycles. The summed E-state index contributed by atoms with van der Waals surface area (Å²) in [5.74, 6) is 0.895. The van der Waals surface area contributed by atoms with Crippen LogP contribution in [0.4, 0.5) is 0 Å². The number of rotatable bonds is 2. The summed E-state index contributed by atoms with van der Waals surface area (Å²) < 4.78 is 11.2. The minimum atomic E-state index is -0.00611. The van der Waals surface area contributed by atoms with E-state index in [0.717, 1.165) is 18.7 Å². The van der Waals surface area contributed by atoms with Crippen LogP contribution < -0.4 is 0 Å². The van der Waals surface area contributed by atoms with Crippen molar-refractivity contribution in [3.8, 4) is 11.3 Å². The van der Waals surface area contributed by atoms with E-state index in [9.17, 15) is 4.79 Å². The van der Waals surface area contributed by atoms with E-state index in [0.29, 0.717) is 42.7 Å². The Kier molecular flexibility index (Phi) is 4.31. The summed E-state index contributed by atoms with van der Waals surface area (Å²) in [6.07, 6.45) is 0. The van der Waals surface area contributed by atoms with Gasteiger partial charge in [0, 0.05) is 31.1 Å². The van der Waals surface area contributed by atoms with Gasteiger partial charge in [0.25, 0.3) is 5.91 Å². The number of fused-ring (bicyclic) bond motifs is 3. The van der Waals surface area contributed by atoms with Crippen LogP contribution >= 0.6 is 0 Å². The van der Waals surface area contributed by atoms with Crippen LogP contribution in [0.15, 0.2) is 34.9 Å². The minimum absolute atomic E-state index is 0.00611. The average Bonchev–Trinajstić information content (AvgIpc) is 2.77. The van der Waals surface area contributed by atoms with Crippen LogP contribution in [0.3, 0.4) is 0 Å². The lowest BCUT2D eigenvalue weighted by atomic mass is 10.0. The van der Waals surface area contributed by atoms with E-state index in [1.807, 2.05) is 35.2 Å². The number of amides is 1. The van der Waals surface area contributed by atoms with Gasteiger partial charge in [-0.25, -0.2) is 0 Å². The van der Waals surface area contributed by atoms with Gasteiger partial charge in [0.15, 0.2) is 0 Å². The second kappa shape index (κ2) is 6.61. The minimum Gasteiger partial charge on any atom is -0.379 e. The van der Waals surface area contributed by atoms with Crippen molar-refractivity contribution >= 4 is 5.91 Å². The number of ether oxygens (including phenoxy) is 1. The van der Waals surface area contributed by atoms with Crippen molar-refractivity contribution in [2.75, 3.05) is 39.9 Å². The van der Waals surface area contributed by atoms with Crippen molar-refractivity contribution in [3.63, 3.8) is 0 Å². The Morgan fingerprint density at radius 2 is 1.96 bits per heavy atom. The lowest BCUT2D eigenvalue weighted by molar-refractivity contribution is 0.0483. The lowest BCUT2D eigenvalue weighted by Crippen LogP contribution is -2.46. The van der Waals surface area contributed by atoms with Crippen LogP contribution in [0, 0.1) is 12.8 Å². The molecule has 25 heavy (non-hydrogen) atoms. The molecule has 0 saturated carbocycles. The number of benzene rings is 1. The molecule has 2 aliphatic rings. The van der Waals surface area contributed by atoms with Gasteiger partial charge in [0.05, 0.1) is 19.3 Å². The summed E-state index contributed by atoms with van der Waals surface area (Å²) in [5, 5.41) is 4.16. The van der Waals surface area contributed by atoms with Crippen molar-refractivity contribution in [2.45, 2.75) is 13.0 Å². The summed E-state index contributed by atoms with van der Waals surface area (Å²) in [5.41, 5.74) is 2.09.